The Kier molecular flexibility index (Phi) is 5.63. The maximum Gasteiger partial charge on any atom is 0.416 e. The Bertz CT molecular complexity index is 758. The molecule has 8 heteroatoms. The van der Waals surface area contributed by atoms with Gasteiger partial charge in [-0.25, -0.2) is 4.79 Å². The van der Waals surface area contributed by atoms with E-state index in [0.29, 0.717) is 12.1 Å². The Morgan fingerprint density at radius 1 is 1.04 bits per heavy atom. The molecule has 0 aromatic heterocycles. The fourth-order valence-electron chi connectivity index (χ4n) is 2.11. The summed E-state index contributed by atoms with van der Waals surface area (Å²) in [5, 5.41) is 13.2. The molecule has 25 heavy (non-hydrogen) atoms. The number of carbonyl (C=O) groups is 2. The van der Waals surface area contributed by atoms with E-state index in [1.54, 1.807) is 24.3 Å². The molecule has 2 aromatic carbocycles. The minimum absolute atomic E-state index is 0.0930. The second-order valence-corrected chi connectivity index (χ2v) is 5.21. The van der Waals surface area contributed by atoms with Crippen LogP contribution in [0.1, 0.15) is 21.5 Å². The molecule has 0 bridgehead atoms. The second-order valence-electron chi connectivity index (χ2n) is 5.21. The van der Waals surface area contributed by atoms with Crippen LogP contribution in [-0.2, 0) is 12.6 Å². The molecule has 0 fully saturated rings. The molecule has 2 rings (SSSR count). The van der Waals surface area contributed by atoms with Gasteiger partial charge in [-0.05, 0) is 42.3 Å². The van der Waals surface area contributed by atoms with Gasteiger partial charge in [-0.1, -0.05) is 18.2 Å². The highest BCUT2D eigenvalue weighted by Crippen LogP contribution is 2.29. The van der Waals surface area contributed by atoms with Crippen LogP contribution in [0.3, 0.4) is 0 Å². The largest absolute Gasteiger partial charge is 0.465 e. The highest BCUT2D eigenvalue weighted by atomic mass is 19.4. The van der Waals surface area contributed by atoms with Gasteiger partial charge >= 0.3 is 12.3 Å². The van der Waals surface area contributed by atoms with Crippen LogP contribution in [0.15, 0.2) is 48.5 Å². The summed E-state index contributed by atoms with van der Waals surface area (Å²) < 4.78 is 38.0. The van der Waals surface area contributed by atoms with Crippen molar-refractivity contribution in [2.75, 3.05) is 11.9 Å². The summed E-state index contributed by atoms with van der Waals surface area (Å²) in [5.74, 6) is -0.647. The Hall–Kier alpha value is -3.03. The molecule has 0 aliphatic heterocycles. The molecule has 0 spiro atoms. The number of benzene rings is 2. The normalized spacial score (nSPS) is 11.0. The van der Waals surface area contributed by atoms with Crippen LogP contribution in [0.4, 0.5) is 23.7 Å². The third-order valence-corrected chi connectivity index (χ3v) is 3.35. The zero-order valence-corrected chi connectivity index (χ0v) is 12.9. The number of carbonyl (C=O) groups excluding carboxylic acids is 1. The van der Waals surface area contributed by atoms with Crippen molar-refractivity contribution in [1.82, 2.24) is 5.32 Å². The smallest absolute Gasteiger partial charge is 0.416 e. The highest BCUT2D eigenvalue weighted by molar-refractivity contribution is 6.04. The Labute approximate surface area is 141 Å². The summed E-state index contributed by atoms with van der Waals surface area (Å²) in [6, 6.07) is 10.8. The van der Waals surface area contributed by atoms with Gasteiger partial charge in [-0.2, -0.15) is 13.2 Å². The number of rotatable bonds is 5. The molecule has 0 saturated heterocycles. The van der Waals surface area contributed by atoms with E-state index in [-0.39, 0.29) is 12.1 Å². The van der Waals surface area contributed by atoms with Crippen molar-refractivity contribution in [3.63, 3.8) is 0 Å². The van der Waals surface area contributed by atoms with E-state index in [0.717, 1.165) is 17.7 Å². The molecule has 5 nitrogen and oxygen atoms in total. The first-order valence-electron chi connectivity index (χ1n) is 7.30. The zero-order valence-electron chi connectivity index (χ0n) is 12.9. The fraction of sp³-hybridized carbons (Fsp3) is 0.176. The monoisotopic (exact) mass is 352 g/mol. The summed E-state index contributed by atoms with van der Waals surface area (Å²) in [6.07, 6.45) is -5.14. The lowest BCUT2D eigenvalue weighted by Crippen LogP contribution is -2.23. The third kappa shape index (κ3) is 5.52. The molecule has 0 heterocycles. The number of hydrogen-bond acceptors (Lipinski definition) is 2. The molecule has 0 aliphatic carbocycles. The van der Waals surface area contributed by atoms with Gasteiger partial charge in [-0.15, -0.1) is 0 Å². The maximum absolute atomic E-state index is 12.7. The first-order valence-corrected chi connectivity index (χ1v) is 7.30. The van der Waals surface area contributed by atoms with Crippen molar-refractivity contribution in [1.29, 1.82) is 0 Å². The van der Waals surface area contributed by atoms with E-state index in [2.05, 4.69) is 10.6 Å². The number of alkyl halides is 3. The van der Waals surface area contributed by atoms with Crippen LogP contribution >= 0.6 is 0 Å². The predicted molar refractivity (Wildman–Crippen MR) is 85.6 cm³/mol. The average Bonchev–Trinajstić information content (AvgIpc) is 2.55. The van der Waals surface area contributed by atoms with Crippen molar-refractivity contribution in [2.24, 2.45) is 0 Å². The van der Waals surface area contributed by atoms with E-state index in [1.165, 1.54) is 12.1 Å². The van der Waals surface area contributed by atoms with Gasteiger partial charge in [0, 0.05) is 17.8 Å². The quantitative estimate of drug-likeness (QED) is 0.766. The molecular weight excluding hydrogens is 337 g/mol. The van der Waals surface area contributed by atoms with Crippen LogP contribution in [0.25, 0.3) is 0 Å². The van der Waals surface area contributed by atoms with Crippen molar-refractivity contribution >= 4 is 17.7 Å². The van der Waals surface area contributed by atoms with Crippen LogP contribution in [-0.4, -0.2) is 23.7 Å². The van der Waals surface area contributed by atoms with E-state index in [1.807, 2.05) is 0 Å². The second kappa shape index (κ2) is 7.69. The van der Waals surface area contributed by atoms with Gasteiger partial charge in [0.25, 0.3) is 5.91 Å². The standard InChI is InChI=1S/C17H15F3N2O3/c18-17(19,20)13-3-1-2-12(10-13)15(23)22-14-6-4-11(5-7-14)8-9-21-16(24)25/h1-7,10,21H,8-9H2,(H,22,23)(H,24,25). The number of carboxylic acid groups (broad SMARTS) is 1. The van der Waals surface area contributed by atoms with Gasteiger partial charge in [0.1, 0.15) is 0 Å². The van der Waals surface area contributed by atoms with E-state index in [4.69, 9.17) is 5.11 Å². The number of nitrogens with one attached hydrogen (secondary N) is 2. The van der Waals surface area contributed by atoms with Gasteiger partial charge in [-0.3, -0.25) is 4.79 Å². The summed E-state index contributed by atoms with van der Waals surface area (Å²) in [4.78, 5) is 22.4. The molecule has 3 N–H and O–H groups in total. The number of hydrogen-bond donors (Lipinski definition) is 3. The molecule has 0 saturated carbocycles. The summed E-state index contributed by atoms with van der Waals surface area (Å²) >= 11 is 0. The van der Waals surface area contributed by atoms with Crippen molar-refractivity contribution in [2.45, 2.75) is 12.6 Å². The average molecular weight is 352 g/mol. The fourth-order valence-corrected chi connectivity index (χ4v) is 2.11. The first kappa shape index (κ1) is 18.3. The SMILES string of the molecule is O=C(O)NCCc1ccc(NC(=O)c2cccc(C(F)(F)F)c2)cc1. The van der Waals surface area contributed by atoms with E-state index >= 15 is 0 Å². The van der Waals surface area contributed by atoms with Crippen molar-refractivity contribution < 1.29 is 27.9 Å². The van der Waals surface area contributed by atoms with Gasteiger partial charge in [0.05, 0.1) is 5.56 Å². The lowest BCUT2D eigenvalue weighted by molar-refractivity contribution is -0.137. The lowest BCUT2D eigenvalue weighted by atomic mass is 10.1. The molecule has 0 atom stereocenters. The summed E-state index contributed by atoms with van der Waals surface area (Å²) in [5.41, 5.74) is 0.300. The number of anilines is 1. The van der Waals surface area contributed by atoms with Gasteiger partial charge in [0.2, 0.25) is 0 Å². The van der Waals surface area contributed by atoms with Gasteiger partial charge < -0.3 is 15.7 Å². The molecule has 2 amide bonds. The minimum Gasteiger partial charge on any atom is -0.465 e. The Morgan fingerprint density at radius 3 is 2.32 bits per heavy atom. The molecular formula is C17H15F3N2O3. The van der Waals surface area contributed by atoms with Crippen LogP contribution < -0.4 is 10.6 Å². The first-order chi connectivity index (χ1) is 11.8. The third-order valence-electron chi connectivity index (χ3n) is 3.35. The summed E-state index contributed by atoms with van der Waals surface area (Å²) in [6.45, 7) is 0.255. The van der Waals surface area contributed by atoms with Crippen LogP contribution in [0.2, 0.25) is 0 Å². The zero-order chi connectivity index (χ0) is 18.4. The van der Waals surface area contributed by atoms with E-state index < -0.39 is 23.7 Å². The van der Waals surface area contributed by atoms with Crippen molar-refractivity contribution in [3.8, 4) is 0 Å². The molecule has 0 unspecified atom stereocenters. The Morgan fingerprint density at radius 2 is 1.72 bits per heavy atom. The topological polar surface area (TPSA) is 78.4 Å². The Balaban J connectivity index is 2.00. The predicted octanol–water partition coefficient (Wildman–Crippen LogP) is 3.77. The van der Waals surface area contributed by atoms with E-state index in [9.17, 15) is 22.8 Å². The van der Waals surface area contributed by atoms with Crippen LogP contribution in [0, 0.1) is 0 Å². The highest BCUT2D eigenvalue weighted by Gasteiger charge is 2.30. The number of amides is 2. The lowest BCUT2D eigenvalue weighted by Gasteiger charge is -2.10. The molecule has 0 aliphatic rings. The van der Waals surface area contributed by atoms with Gasteiger partial charge in [0.15, 0.2) is 0 Å². The summed E-state index contributed by atoms with van der Waals surface area (Å²) in [7, 11) is 0. The molecule has 2 aromatic rings. The molecule has 0 radical (unpaired) electrons. The maximum atomic E-state index is 12.7. The molecule has 132 valence electrons. The minimum atomic E-state index is -4.51. The number of halogens is 3. The van der Waals surface area contributed by atoms with Crippen molar-refractivity contribution in [3.05, 3.63) is 65.2 Å². The van der Waals surface area contributed by atoms with Crippen LogP contribution in [0.5, 0.6) is 0 Å².